The number of aromatic nitrogens is 1. The molecule has 1 N–H and O–H groups in total. The summed E-state index contributed by atoms with van der Waals surface area (Å²) < 4.78 is 0. The average Bonchev–Trinajstić information content (AvgIpc) is 2.67. The number of aryl methyl sites for hydroxylation is 1. The summed E-state index contributed by atoms with van der Waals surface area (Å²) in [5, 5.41) is 13.0. The van der Waals surface area contributed by atoms with Gasteiger partial charge in [-0.05, 0) is 31.6 Å². The minimum Gasteiger partial charge on any atom is -0.393 e. The smallest absolute Gasteiger partial charge is 0.0930 e. The first kappa shape index (κ1) is 10.1. The van der Waals surface area contributed by atoms with Crippen LogP contribution in [-0.4, -0.2) is 16.2 Å². The van der Waals surface area contributed by atoms with E-state index in [2.05, 4.69) is 17.3 Å². The minimum absolute atomic E-state index is 0.0824. The maximum atomic E-state index is 9.63. The van der Waals surface area contributed by atoms with E-state index < -0.39 is 0 Å². The van der Waals surface area contributed by atoms with E-state index in [1.807, 2.05) is 6.92 Å². The molecule has 3 atom stereocenters. The fourth-order valence-electron chi connectivity index (χ4n) is 2.23. The molecule has 0 spiro atoms. The van der Waals surface area contributed by atoms with Crippen molar-refractivity contribution in [3.63, 3.8) is 0 Å². The largest absolute Gasteiger partial charge is 0.393 e. The minimum atomic E-state index is -0.0824. The Kier molecular flexibility index (Phi) is 2.88. The van der Waals surface area contributed by atoms with Crippen molar-refractivity contribution in [2.24, 2.45) is 11.8 Å². The summed E-state index contributed by atoms with van der Waals surface area (Å²) in [6, 6.07) is 0. The molecule has 1 aromatic rings. The van der Waals surface area contributed by atoms with Crippen LogP contribution in [0, 0.1) is 18.8 Å². The summed E-state index contributed by atoms with van der Waals surface area (Å²) in [6.07, 6.45) is 3.09. The van der Waals surface area contributed by atoms with Crippen molar-refractivity contribution in [1.82, 2.24) is 4.98 Å². The number of hydrogen-bond donors (Lipinski definition) is 1. The van der Waals surface area contributed by atoms with Gasteiger partial charge in [0.15, 0.2) is 0 Å². The third-order valence-electron chi connectivity index (χ3n) is 3.29. The summed E-state index contributed by atoms with van der Waals surface area (Å²) in [5.74, 6) is 1.08. The molecule has 1 fully saturated rings. The third kappa shape index (κ3) is 1.98. The molecular weight excluding hydrogens is 194 g/mol. The molecular formula is C11H17NOS. The molecule has 1 aromatic heterocycles. The molecule has 0 radical (unpaired) electrons. The highest BCUT2D eigenvalue weighted by molar-refractivity contribution is 7.09. The molecule has 1 heterocycles. The molecule has 3 heteroatoms. The van der Waals surface area contributed by atoms with Gasteiger partial charge in [0.05, 0.1) is 11.1 Å². The molecule has 3 unspecified atom stereocenters. The standard InChI is InChI=1S/C11H17NOS/c1-7-6-14-11(12-7)5-9-3-4-10(13)8(9)2/h6,8-10,13H,3-5H2,1-2H3. The summed E-state index contributed by atoms with van der Waals surface area (Å²) >= 11 is 1.75. The van der Waals surface area contributed by atoms with Crippen LogP contribution in [-0.2, 0) is 6.42 Å². The second-order valence-corrected chi connectivity index (χ2v) is 5.29. The van der Waals surface area contributed by atoms with Crippen LogP contribution in [0.1, 0.15) is 30.5 Å². The molecule has 0 amide bonds. The Balaban J connectivity index is 1.98. The van der Waals surface area contributed by atoms with Crippen LogP contribution < -0.4 is 0 Å². The highest BCUT2D eigenvalue weighted by Gasteiger charge is 2.31. The average molecular weight is 211 g/mol. The fraction of sp³-hybridized carbons (Fsp3) is 0.727. The zero-order valence-corrected chi connectivity index (χ0v) is 9.55. The Morgan fingerprint density at radius 3 is 2.86 bits per heavy atom. The van der Waals surface area contributed by atoms with Crippen molar-refractivity contribution >= 4 is 11.3 Å². The van der Waals surface area contributed by atoms with Crippen LogP contribution in [0.2, 0.25) is 0 Å². The van der Waals surface area contributed by atoms with E-state index in [1.54, 1.807) is 11.3 Å². The molecule has 1 aliphatic rings. The Morgan fingerprint density at radius 2 is 2.36 bits per heavy atom. The lowest BCUT2D eigenvalue weighted by Crippen LogP contribution is -2.16. The van der Waals surface area contributed by atoms with Gasteiger partial charge < -0.3 is 5.11 Å². The molecule has 0 bridgehead atoms. The van der Waals surface area contributed by atoms with Crippen molar-refractivity contribution in [1.29, 1.82) is 0 Å². The Bertz CT molecular complexity index is 310. The lowest BCUT2D eigenvalue weighted by atomic mass is 9.94. The van der Waals surface area contributed by atoms with Gasteiger partial charge in [0.1, 0.15) is 0 Å². The predicted molar refractivity (Wildman–Crippen MR) is 58.4 cm³/mol. The van der Waals surface area contributed by atoms with Gasteiger partial charge in [0.2, 0.25) is 0 Å². The van der Waals surface area contributed by atoms with Gasteiger partial charge in [-0.25, -0.2) is 4.98 Å². The van der Waals surface area contributed by atoms with Crippen LogP contribution in [0.25, 0.3) is 0 Å². The molecule has 0 saturated heterocycles. The van der Waals surface area contributed by atoms with Crippen molar-refractivity contribution in [2.45, 2.75) is 39.2 Å². The maximum absolute atomic E-state index is 9.63. The molecule has 2 rings (SSSR count). The van der Waals surface area contributed by atoms with Gasteiger partial charge in [-0.15, -0.1) is 11.3 Å². The molecule has 0 aromatic carbocycles. The monoisotopic (exact) mass is 211 g/mol. The van der Waals surface area contributed by atoms with E-state index in [9.17, 15) is 5.11 Å². The highest BCUT2D eigenvalue weighted by Crippen LogP contribution is 2.34. The highest BCUT2D eigenvalue weighted by atomic mass is 32.1. The van der Waals surface area contributed by atoms with Gasteiger partial charge in [-0.3, -0.25) is 0 Å². The zero-order chi connectivity index (χ0) is 10.1. The number of hydrogen-bond acceptors (Lipinski definition) is 3. The Morgan fingerprint density at radius 1 is 1.57 bits per heavy atom. The van der Waals surface area contributed by atoms with Crippen molar-refractivity contribution in [2.75, 3.05) is 0 Å². The van der Waals surface area contributed by atoms with E-state index in [0.29, 0.717) is 11.8 Å². The molecule has 14 heavy (non-hydrogen) atoms. The third-order valence-corrected chi connectivity index (χ3v) is 4.28. The molecule has 1 saturated carbocycles. The number of nitrogens with zero attached hydrogens (tertiary/aromatic N) is 1. The van der Waals surface area contributed by atoms with Gasteiger partial charge in [0.25, 0.3) is 0 Å². The molecule has 0 aliphatic heterocycles. The quantitative estimate of drug-likeness (QED) is 0.815. The Labute approximate surface area is 89.0 Å². The first-order valence-electron chi connectivity index (χ1n) is 5.26. The lowest BCUT2D eigenvalue weighted by Gasteiger charge is -2.15. The number of thiazole rings is 1. The van der Waals surface area contributed by atoms with E-state index in [-0.39, 0.29) is 6.10 Å². The van der Waals surface area contributed by atoms with E-state index in [4.69, 9.17) is 0 Å². The van der Waals surface area contributed by atoms with Crippen molar-refractivity contribution in [3.05, 3.63) is 16.1 Å². The summed E-state index contributed by atoms with van der Waals surface area (Å²) in [5.41, 5.74) is 1.12. The van der Waals surface area contributed by atoms with Crippen molar-refractivity contribution in [3.8, 4) is 0 Å². The zero-order valence-electron chi connectivity index (χ0n) is 8.73. The van der Waals surface area contributed by atoms with Crippen LogP contribution in [0.15, 0.2) is 5.38 Å². The van der Waals surface area contributed by atoms with Crippen LogP contribution >= 0.6 is 11.3 Å². The van der Waals surface area contributed by atoms with Crippen molar-refractivity contribution < 1.29 is 5.11 Å². The fourth-order valence-corrected chi connectivity index (χ4v) is 3.10. The van der Waals surface area contributed by atoms with Gasteiger partial charge in [0, 0.05) is 17.5 Å². The maximum Gasteiger partial charge on any atom is 0.0930 e. The molecule has 1 aliphatic carbocycles. The van der Waals surface area contributed by atoms with Gasteiger partial charge in [-0.2, -0.15) is 0 Å². The van der Waals surface area contributed by atoms with Gasteiger partial charge in [-0.1, -0.05) is 6.92 Å². The van der Waals surface area contributed by atoms with Crippen LogP contribution in [0.5, 0.6) is 0 Å². The predicted octanol–water partition coefficient (Wildman–Crippen LogP) is 2.40. The van der Waals surface area contributed by atoms with Crippen LogP contribution in [0.3, 0.4) is 0 Å². The SMILES string of the molecule is Cc1csc(CC2CCC(O)C2C)n1. The number of aliphatic hydroxyl groups is 1. The second-order valence-electron chi connectivity index (χ2n) is 4.35. The lowest BCUT2D eigenvalue weighted by molar-refractivity contribution is 0.127. The topological polar surface area (TPSA) is 33.1 Å². The first-order valence-corrected chi connectivity index (χ1v) is 6.14. The number of aliphatic hydroxyl groups excluding tert-OH is 1. The van der Waals surface area contributed by atoms with E-state index in [1.165, 1.54) is 5.01 Å². The summed E-state index contributed by atoms with van der Waals surface area (Å²) in [7, 11) is 0. The summed E-state index contributed by atoms with van der Waals surface area (Å²) in [6.45, 7) is 4.19. The normalized spacial score (nSPS) is 32.4. The second kappa shape index (κ2) is 3.99. The molecule has 2 nitrogen and oxygen atoms in total. The first-order chi connectivity index (χ1) is 6.66. The Hall–Kier alpha value is -0.410. The number of rotatable bonds is 2. The summed E-state index contributed by atoms with van der Waals surface area (Å²) in [4.78, 5) is 4.47. The van der Waals surface area contributed by atoms with Crippen LogP contribution in [0.4, 0.5) is 0 Å². The molecule has 78 valence electrons. The van der Waals surface area contributed by atoms with E-state index in [0.717, 1.165) is 25.0 Å². The van der Waals surface area contributed by atoms with E-state index >= 15 is 0 Å². The van der Waals surface area contributed by atoms with Gasteiger partial charge >= 0.3 is 0 Å².